The van der Waals surface area contributed by atoms with Gasteiger partial charge in [-0.15, -0.1) is 0 Å². The fourth-order valence-corrected chi connectivity index (χ4v) is 3.23. The zero-order valence-electron chi connectivity index (χ0n) is 12.4. The van der Waals surface area contributed by atoms with Crippen LogP contribution < -0.4 is 4.90 Å². The highest BCUT2D eigenvalue weighted by atomic mass is 32.1. The average Bonchev–Trinajstić information content (AvgIpc) is 2.97. The van der Waals surface area contributed by atoms with E-state index in [9.17, 15) is 4.79 Å². The summed E-state index contributed by atoms with van der Waals surface area (Å²) in [5.74, 6) is 0.506. The first-order valence-electron chi connectivity index (χ1n) is 6.87. The molecule has 0 aromatic carbocycles. The minimum absolute atomic E-state index is 0.0705. The lowest BCUT2D eigenvalue weighted by atomic mass is 10.2. The number of anilines is 1. The summed E-state index contributed by atoms with van der Waals surface area (Å²) in [4.78, 5) is 22.8. The summed E-state index contributed by atoms with van der Waals surface area (Å²) in [5, 5.41) is 1.81. The topological polar surface area (TPSA) is 46.1 Å². The Balaban J connectivity index is 2.36. The van der Waals surface area contributed by atoms with Gasteiger partial charge in [0.25, 0.3) is 0 Å². The molecule has 0 fully saturated rings. The highest BCUT2D eigenvalue weighted by Crippen LogP contribution is 2.34. The van der Waals surface area contributed by atoms with E-state index < -0.39 is 0 Å². The molecule has 1 amide bonds. The number of thiazole rings is 1. The van der Waals surface area contributed by atoms with Crippen LogP contribution in [0.1, 0.15) is 19.5 Å². The molecule has 0 N–H and O–H groups in total. The molecule has 0 aliphatic heterocycles. The molecule has 4 nitrogen and oxygen atoms in total. The van der Waals surface area contributed by atoms with Gasteiger partial charge in [0.15, 0.2) is 0 Å². The number of pyridine rings is 1. The van der Waals surface area contributed by atoms with Crippen LogP contribution in [0.4, 0.5) is 5.00 Å². The summed E-state index contributed by atoms with van der Waals surface area (Å²) in [5.41, 5.74) is 1.92. The van der Waals surface area contributed by atoms with E-state index in [1.54, 1.807) is 17.3 Å². The van der Waals surface area contributed by atoms with E-state index in [2.05, 4.69) is 22.6 Å². The van der Waals surface area contributed by atoms with Crippen molar-refractivity contribution in [1.82, 2.24) is 9.97 Å². The highest BCUT2D eigenvalue weighted by molar-refractivity contribution is 7.80. The number of aryl methyl sites for hydroxylation is 1. The number of rotatable bonds is 5. The molecule has 21 heavy (non-hydrogen) atoms. The van der Waals surface area contributed by atoms with E-state index in [0.29, 0.717) is 5.75 Å². The Morgan fingerprint density at radius 1 is 1.52 bits per heavy atom. The van der Waals surface area contributed by atoms with E-state index in [0.717, 1.165) is 27.7 Å². The molecule has 0 aliphatic rings. The lowest BCUT2D eigenvalue weighted by molar-refractivity contribution is -0.120. The molecule has 0 spiro atoms. The van der Waals surface area contributed by atoms with Gasteiger partial charge in [-0.2, -0.15) is 12.6 Å². The van der Waals surface area contributed by atoms with Crippen molar-refractivity contribution in [3.05, 3.63) is 30.2 Å². The Labute approximate surface area is 134 Å². The average molecular weight is 321 g/mol. The fourth-order valence-electron chi connectivity index (χ4n) is 1.96. The van der Waals surface area contributed by atoms with Crippen molar-refractivity contribution in [2.75, 3.05) is 17.7 Å². The maximum absolute atomic E-state index is 12.3. The maximum Gasteiger partial charge on any atom is 0.231 e. The van der Waals surface area contributed by atoms with Crippen molar-refractivity contribution in [3.8, 4) is 10.6 Å². The van der Waals surface area contributed by atoms with Crippen LogP contribution in [0.5, 0.6) is 0 Å². The Morgan fingerprint density at radius 3 is 2.86 bits per heavy atom. The molecule has 2 rings (SSSR count). The Bertz CT molecular complexity index is 613. The molecule has 2 aromatic heterocycles. The van der Waals surface area contributed by atoms with Crippen molar-refractivity contribution >= 4 is 34.9 Å². The van der Waals surface area contributed by atoms with E-state index >= 15 is 0 Å². The molecule has 112 valence electrons. The van der Waals surface area contributed by atoms with Crippen molar-refractivity contribution in [3.63, 3.8) is 0 Å². The van der Waals surface area contributed by atoms with Crippen LogP contribution in [-0.2, 0) is 11.2 Å². The van der Waals surface area contributed by atoms with E-state index in [1.165, 1.54) is 11.3 Å². The Hall–Kier alpha value is -1.40. The quantitative estimate of drug-likeness (QED) is 0.860. The first-order chi connectivity index (χ1) is 10.1. The monoisotopic (exact) mass is 321 g/mol. The van der Waals surface area contributed by atoms with Crippen LogP contribution in [0.3, 0.4) is 0 Å². The van der Waals surface area contributed by atoms with Crippen LogP contribution in [0.15, 0.2) is 24.5 Å². The molecule has 0 aliphatic carbocycles. The van der Waals surface area contributed by atoms with E-state index in [-0.39, 0.29) is 11.8 Å². The number of nitrogens with zero attached hydrogens (tertiary/aromatic N) is 3. The zero-order chi connectivity index (χ0) is 15.4. The summed E-state index contributed by atoms with van der Waals surface area (Å²) in [6, 6.07) is 3.87. The fraction of sp³-hybridized carbons (Fsp3) is 0.400. The maximum atomic E-state index is 12.3. The minimum Gasteiger partial charge on any atom is -0.305 e. The lowest BCUT2D eigenvalue weighted by Crippen LogP contribution is -2.32. The lowest BCUT2D eigenvalue weighted by Gasteiger charge is -2.19. The second-order valence-corrected chi connectivity index (χ2v) is 6.19. The van der Waals surface area contributed by atoms with Crippen molar-refractivity contribution in [2.24, 2.45) is 5.92 Å². The predicted molar refractivity (Wildman–Crippen MR) is 91.2 cm³/mol. The predicted octanol–water partition coefficient (Wildman–Crippen LogP) is 3.30. The van der Waals surface area contributed by atoms with Crippen LogP contribution >= 0.6 is 24.0 Å². The molecule has 2 aromatic rings. The smallest absolute Gasteiger partial charge is 0.231 e. The molecular formula is C15H19N3OS2. The highest BCUT2D eigenvalue weighted by Gasteiger charge is 2.22. The third-order valence-corrected chi connectivity index (χ3v) is 5.02. The number of hydrogen-bond donors (Lipinski definition) is 1. The van der Waals surface area contributed by atoms with Crippen molar-refractivity contribution in [1.29, 1.82) is 0 Å². The summed E-state index contributed by atoms with van der Waals surface area (Å²) < 4.78 is 0. The SMILES string of the molecule is CCc1nc(-c2cccnc2)sc1N(C)C(=O)C(C)CS. The number of carbonyl (C=O) groups excluding carboxylic acids is 1. The van der Waals surface area contributed by atoms with Crippen LogP contribution in [0, 0.1) is 5.92 Å². The minimum atomic E-state index is -0.105. The number of hydrogen-bond acceptors (Lipinski definition) is 5. The van der Waals surface area contributed by atoms with Gasteiger partial charge in [-0.3, -0.25) is 9.78 Å². The second-order valence-electron chi connectivity index (χ2n) is 4.85. The summed E-state index contributed by atoms with van der Waals surface area (Å²) >= 11 is 5.74. The van der Waals surface area contributed by atoms with Crippen molar-refractivity contribution in [2.45, 2.75) is 20.3 Å². The number of amides is 1. The molecule has 6 heteroatoms. The second kappa shape index (κ2) is 7.04. The van der Waals surface area contributed by atoms with Gasteiger partial charge in [0, 0.05) is 36.7 Å². The van der Waals surface area contributed by atoms with E-state index in [4.69, 9.17) is 0 Å². The van der Waals surface area contributed by atoms with Gasteiger partial charge < -0.3 is 4.90 Å². The van der Waals surface area contributed by atoms with Gasteiger partial charge in [-0.05, 0) is 18.6 Å². The molecule has 1 unspecified atom stereocenters. The van der Waals surface area contributed by atoms with Crippen molar-refractivity contribution < 1.29 is 4.79 Å². The first kappa shape index (κ1) is 16.0. The third-order valence-electron chi connectivity index (χ3n) is 3.25. The van der Waals surface area contributed by atoms with Crippen LogP contribution in [0.2, 0.25) is 0 Å². The first-order valence-corrected chi connectivity index (χ1v) is 8.31. The van der Waals surface area contributed by atoms with Gasteiger partial charge in [0.05, 0.1) is 5.69 Å². The molecule has 0 radical (unpaired) electrons. The Morgan fingerprint density at radius 2 is 2.29 bits per heavy atom. The largest absolute Gasteiger partial charge is 0.305 e. The Kier molecular flexibility index (Phi) is 5.36. The standard InChI is InChI=1S/C15H19N3OS2/c1-4-12-15(18(3)14(19)10(2)9-20)21-13(17-12)11-6-5-7-16-8-11/h5-8,10,20H,4,9H2,1-3H3. The molecule has 0 saturated carbocycles. The third kappa shape index (κ3) is 3.44. The molecular weight excluding hydrogens is 302 g/mol. The van der Waals surface area contributed by atoms with Crippen LogP contribution in [0.25, 0.3) is 10.6 Å². The number of carbonyl (C=O) groups is 1. The zero-order valence-corrected chi connectivity index (χ0v) is 14.1. The number of thiol groups is 1. The summed E-state index contributed by atoms with van der Waals surface area (Å²) in [6.07, 6.45) is 4.32. The molecule has 1 atom stereocenters. The molecule has 2 heterocycles. The van der Waals surface area contributed by atoms with Gasteiger partial charge in [-0.25, -0.2) is 4.98 Å². The van der Waals surface area contributed by atoms with E-state index in [1.807, 2.05) is 33.0 Å². The normalized spacial score (nSPS) is 12.2. The number of aromatic nitrogens is 2. The van der Waals surface area contributed by atoms with Gasteiger partial charge in [0.2, 0.25) is 5.91 Å². The molecule has 0 bridgehead atoms. The van der Waals surface area contributed by atoms with Gasteiger partial charge >= 0.3 is 0 Å². The summed E-state index contributed by atoms with van der Waals surface area (Å²) in [6.45, 7) is 3.94. The molecule has 0 saturated heterocycles. The van der Waals surface area contributed by atoms with Gasteiger partial charge in [0.1, 0.15) is 10.0 Å². The van der Waals surface area contributed by atoms with Gasteiger partial charge in [-0.1, -0.05) is 25.2 Å². The van der Waals surface area contributed by atoms with Crippen LogP contribution in [-0.4, -0.2) is 28.7 Å². The summed E-state index contributed by atoms with van der Waals surface area (Å²) in [7, 11) is 1.81.